The van der Waals surface area contributed by atoms with Crippen molar-refractivity contribution in [2.75, 3.05) is 0 Å². The molecule has 0 saturated heterocycles. The van der Waals surface area contributed by atoms with Gasteiger partial charge in [-0.25, -0.2) is 14.5 Å². The van der Waals surface area contributed by atoms with Crippen molar-refractivity contribution >= 4 is 50.2 Å². The van der Waals surface area contributed by atoms with Crippen LogP contribution in [-0.4, -0.2) is 25.7 Å². The van der Waals surface area contributed by atoms with Crippen molar-refractivity contribution in [2.24, 2.45) is 0 Å². The van der Waals surface area contributed by atoms with Crippen molar-refractivity contribution in [3.63, 3.8) is 0 Å². The number of ether oxygens (including phenoxy) is 1. The molecule has 3 aromatic heterocycles. The second-order valence-electron chi connectivity index (χ2n) is 6.58. The van der Waals surface area contributed by atoms with Crippen molar-refractivity contribution in [3.8, 4) is 5.69 Å². The van der Waals surface area contributed by atoms with Crippen LogP contribution in [0.5, 0.6) is 0 Å². The molecule has 0 saturated carbocycles. The van der Waals surface area contributed by atoms with Crippen molar-refractivity contribution in [2.45, 2.75) is 13.5 Å². The molecule has 1 N–H and O–H groups in total. The molecule has 5 aromatic rings. The quantitative estimate of drug-likeness (QED) is 0.400. The number of hydrogen-bond donors (Lipinski definition) is 1. The number of H-pyrrole nitrogens is 1. The zero-order chi connectivity index (χ0) is 20.0. The van der Waals surface area contributed by atoms with Gasteiger partial charge in [0.15, 0.2) is 0 Å². The second-order valence-corrected chi connectivity index (χ2v) is 8.05. The fourth-order valence-corrected chi connectivity index (χ4v) is 4.39. The van der Waals surface area contributed by atoms with Crippen LogP contribution < -0.4 is 0 Å². The highest BCUT2D eigenvalue weighted by Gasteiger charge is 2.18. The Balaban J connectivity index is 1.40. The van der Waals surface area contributed by atoms with Gasteiger partial charge in [-0.05, 0) is 49.4 Å². The SMILES string of the molecule is Cc1nn(-c2ccc(Cl)cc2)c2sc(C(=O)OCc3nc4ccccc4[nH]3)cc12. The molecule has 8 heteroatoms. The number of imidazole rings is 1. The average Bonchev–Trinajstić information content (AvgIpc) is 3.41. The topological polar surface area (TPSA) is 72.8 Å². The Bertz CT molecular complexity index is 1320. The number of halogens is 1. The zero-order valence-corrected chi connectivity index (χ0v) is 16.9. The van der Waals surface area contributed by atoms with E-state index in [0.717, 1.165) is 32.6 Å². The maximum absolute atomic E-state index is 12.6. The van der Waals surface area contributed by atoms with E-state index < -0.39 is 0 Å². The van der Waals surface area contributed by atoms with Crippen molar-refractivity contribution in [3.05, 3.63) is 76.0 Å². The van der Waals surface area contributed by atoms with Crippen LogP contribution in [-0.2, 0) is 11.3 Å². The predicted molar refractivity (Wildman–Crippen MR) is 114 cm³/mol. The molecular formula is C21H15ClN4O2S. The molecule has 0 spiro atoms. The zero-order valence-electron chi connectivity index (χ0n) is 15.3. The van der Waals surface area contributed by atoms with Gasteiger partial charge in [0.05, 0.1) is 22.4 Å². The minimum absolute atomic E-state index is 0.0874. The number of nitrogens with one attached hydrogen (secondary N) is 1. The number of aryl methyl sites for hydroxylation is 1. The Morgan fingerprint density at radius 2 is 2.00 bits per heavy atom. The highest BCUT2D eigenvalue weighted by Crippen LogP contribution is 2.31. The lowest BCUT2D eigenvalue weighted by Crippen LogP contribution is -2.04. The van der Waals surface area contributed by atoms with Crippen LogP contribution in [0, 0.1) is 6.92 Å². The number of para-hydroxylation sites is 2. The summed E-state index contributed by atoms with van der Waals surface area (Å²) in [5.74, 6) is 0.234. The van der Waals surface area contributed by atoms with E-state index in [1.54, 1.807) is 0 Å². The number of nitrogens with zero attached hydrogens (tertiary/aromatic N) is 3. The van der Waals surface area contributed by atoms with Crippen LogP contribution in [0.4, 0.5) is 0 Å². The first kappa shape index (κ1) is 17.9. The maximum Gasteiger partial charge on any atom is 0.348 e. The summed E-state index contributed by atoms with van der Waals surface area (Å²) in [5.41, 5.74) is 3.50. The number of rotatable bonds is 4. The molecule has 3 heterocycles. The van der Waals surface area contributed by atoms with E-state index in [1.807, 2.05) is 66.2 Å². The maximum atomic E-state index is 12.6. The monoisotopic (exact) mass is 422 g/mol. The second kappa shape index (κ2) is 7.02. The molecular weight excluding hydrogens is 408 g/mol. The van der Waals surface area contributed by atoms with E-state index in [4.69, 9.17) is 16.3 Å². The number of aromatic nitrogens is 4. The molecule has 0 amide bonds. The molecule has 0 atom stereocenters. The molecule has 0 bridgehead atoms. The molecule has 2 aromatic carbocycles. The lowest BCUT2D eigenvalue weighted by molar-refractivity contribution is 0.0469. The summed E-state index contributed by atoms with van der Waals surface area (Å²) >= 11 is 7.34. The highest BCUT2D eigenvalue weighted by molar-refractivity contribution is 7.20. The first-order chi connectivity index (χ1) is 14.1. The van der Waals surface area contributed by atoms with E-state index in [1.165, 1.54) is 11.3 Å². The van der Waals surface area contributed by atoms with Crippen LogP contribution in [0.1, 0.15) is 21.2 Å². The lowest BCUT2D eigenvalue weighted by atomic mass is 10.3. The molecule has 29 heavy (non-hydrogen) atoms. The predicted octanol–water partition coefficient (Wildman–Crippen LogP) is 5.28. The minimum atomic E-state index is -0.381. The summed E-state index contributed by atoms with van der Waals surface area (Å²) in [6, 6.07) is 16.9. The largest absolute Gasteiger partial charge is 0.453 e. The van der Waals surface area contributed by atoms with Gasteiger partial charge < -0.3 is 9.72 Å². The molecule has 0 aliphatic heterocycles. The third-order valence-electron chi connectivity index (χ3n) is 4.60. The van der Waals surface area contributed by atoms with Gasteiger partial charge in [-0.2, -0.15) is 5.10 Å². The average molecular weight is 423 g/mol. The fourth-order valence-electron chi connectivity index (χ4n) is 3.18. The van der Waals surface area contributed by atoms with Crippen LogP contribution in [0.2, 0.25) is 5.02 Å². The van der Waals surface area contributed by atoms with E-state index in [9.17, 15) is 4.79 Å². The summed E-state index contributed by atoms with van der Waals surface area (Å²) in [4.78, 5) is 21.6. The fraction of sp³-hybridized carbons (Fsp3) is 0.0952. The number of carbonyl (C=O) groups is 1. The molecule has 144 valence electrons. The van der Waals surface area contributed by atoms with E-state index in [0.29, 0.717) is 15.7 Å². The Kier molecular flexibility index (Phi) is 4.34. The number of esters is 1. The van der Waals surface area contributed by atoms with Crippen LogP contribution in [0.25, 0.3) is 26.9 Å². The number of benzene rings is 2. The first-order valence-corrected chi connectivity index (χ1v) is 10.1. The number of carbonyl (C=O) groups excluding carboxylic acids is 1. The minimum Gasteiger partial charge on any atom is -0.453 e. The van der Waals surface area contributed by atoms with Crippen LogP contribution >= 0.6 is 22.9 Å². The Hall–Kier alpha value is -3.16. The smallest absolute Gasteiger partial charge is 0.348 e. The van der Waals surface area contributed by atoms with Gasteiger partial charge in [-0.3, -0.25) is 0 Å². The van der Waals surface area contributed by atoms with Gasteiger partial charge in [-0.15, -0.1) is 11.3 Å². The van der Waals surface area contributed by atoms with E-state index in [2.05, 4.69) is 15.1 Å². The number of thiophene rings is 1. The molecule has 0 aliphatic carbocycles. The van der Waals surface area contributed by atoms with Crippen molar-refractivity contribution < 1.29 is 9.53 Å². The van der Waals surface area contributed by atoms with E-state index in [-0.39, 0.29) is 12.6 Å². The Morgan fingerprint density at radius 1 is 1.21 bits per heavy atom. The molecule has 6 nitrogen and oxygen atoms in total. The van der Waals surface area contributed by atoms with Gasteiger partial charge >= 0.3 is 5.97 Å². The van der Waals surface area contributed by atoms with Gasteiger partial charge in [0.1, 0.15) is 22.1 Å². The molecule has 0 fully saturated rings. The molecule has 0 unspecified atom stereocenters. The van der Waals surface area contributed by atoms with Gasteiger partial charge in [-0.1, -0.05) is 23.7 Å². The Morgan fingerprint density at radius 3 is 2.79 bits per heavy atom. The number of aromatic amines is 1. The number of fused-ring (bicyclic) bond motifs is 2. The van der Waals surface area contributed by atoms with Gasteiger partial charge in [0.25, 0.3) is 0 Å². The summed E-state index contributed by atoms with van der Waals surface area (Å²) < 4.78 is 7.30. The first-order valence-electron chi connectivity index (χ1n) is 8.94. The van der Waals surface area contributed by atoms with E-state index >= 15 is 0 Å². The normalized spacial score (nSPS) is 11.4. The number of hydrogen-bond acceptors (Lipinski definition) is 5. The van der Waals surface area contributed by atoms with Crippen LogP contribution in [0.15, 0.2) is 54.6 Å². The summed E-state index contributed by atoms with van der Waals surface area (Å²) in [5, 5.41) is 6.18. The summed E-state index contributed by atoms with van der Waals surface area (Å²) in [6.45, 7) is 2.01. The third-order valence-corrected chi connectivity index (χ3v) is 5.94. The highest BCUT2D eigenvalue weighted by atomic mass is 35.5. The molecule has 0 aliphatic rings. The summed E-state index contributed by atoms with van der Waals surface area (Å²) in [6.07, 6.45) is 0. The molecule has 5 rings (SSSR count). The molecule has 0 radical (unpaired) electrons. The van der Waals surface area contributed by atoms with Gasteiger partial charge in [0.2, 0.25) is 0 Å². The Labute approximate surface area is 174 Å². The van der Waals surface area contributed by atoms with Crippen molar-refractivity contribution in [1.29, 1.82) is 0 Å². The van der Waals surface area contributed by atoms with Crippen LogP contribution in [0.3, 0.4) is 0 Å². The third kappa shape index (κ3) is 3.28. The van der Waals surface area contributed by atoms with Crippen molar-refractivity contribution in [1.82, 2.24) is 19.7 Å². The standard InChI is InChI=1S/C21H15ClN4O2S/c1-12-15-10-18(29-20(15)26(25-12)14-8-6-13(22)7-9-14)21(27)28-11-19-23-16-4-2-3-5-17(16)24-19/h2-10H,11H2,1H3,(H,23,24). The summed E-state index contributed by atoms with van der Waals surface area (Å²) in [7, 11) is 0. The van der Waals surface area contributed by atoms with Gasteiger partial charge in [0, 0.05) is 10.4 Å². The lowest BCUT2D eigenvalue weighted by Gasteiger charge is -2.02.